The zero-order valence-electron chi connectivity index (χ0n) is 11.7. The van der Waals surface area contributed by atoms with Gasteiger partial charge in [0.15, 0.2) is 11.5 Å². The van der Waals surface area contributed by atoms with Crippen molar-refractivity contribution in [1.82, 2.24) is 4.83 Å². The number of nitro benzene ring substituents is 1. The number of phenolic OH excluding ortho intramolecular Hbond substituents is 1. The van der Waals surface area contributed by atoms with Crippen molar-refractivity contribution in [2.24, 2.45) is 5.10 Å². The van der Waals surface area contributed by atoms with E-state index in [-0.39, 0.29) is 21.3 Å². The predicted molar refractivity (Wildman–Crippen MR) is 83.5 cm³/mol. The van der Waals surface area contributed by atoms with Gasteiger partial charge in [-0.05, 0) is 17.5 Å². The lowest BCUT2D eigenvalue weighted by Crippen LogP contribution is -2.17. The second-order valence-corrected chi connectivity index (χ2v) is 6.96. The minimum Gasteiger partial charge on any atom is -0.504 e. The number of aromatic hydroxyl groups is 1. The van der Waals surface area contributed by atoms with Gasteiger partial charge in [0.1, 0.15) is 4.21 Å². The summed E-state index contributed by atoms with van der Waals surface area (Å²) in [5.74, 6) is -0.409. The van der Waals surface area contributed by atoms with Crippen LogP contribution in [0.2, 0.25) is 0 Å². The number of rotatable bonds is 6. The molecule has 2 rings (SSSR count). The van der Waals surface area contributed by atoms with Crippen molar-refractivity contribution >= 4 is 33.3 Å². The molecule has 0 fully saturated rings. The summed E-state index contributed by atoms with van der Waals surface area (Å²) in [6.45, 7) is 0. The van der Waals surface area contributed by atoms with Crippen LogP contribution in [0.15, 0.2) is 39.0 Å². The highest BCUT2D eigenvalue weighted by Crippen LogP contribution is 2.32. The highest BCUT2D eigenvalue weighted by atomic mass is 32.2. The maximum Gasteiger partial charge on any atom is 0.286 e. The molecule has 2 N–H and O–H groups in total. The first-order chi connectivity index (χ1) is 10.8. The monoisotopic (exact) mass is 357 g/mol. The van der Waals surface area contributed by atoms with Crippen LogP contribution in [0.25, 0.3) is 0 Å². The van der Waals surface area contributed by atoms with E-state index >= 15 is 0 Å². The van der Waals surface area contributed by atoms with E-state index in [0.29, 0.717) is 0 Å². The molecule has 0 radical (unpaired) electrons. The van der Waals surface area contributed by atoms with Gasteiger partial charge in [-0.2, -0.15) is 18.4 Å². The molecule has 122 valence electrons. The molecule has 0 aliphatic heterocycles. The average Bonchev–Trinajstić information content (AvgIpc) is 3.02. The lowest BCUT2D eigenvalue weighted by atomic mass is 10.1. The summed E-state index contributed by atoms with van der Waals surface area (Å²) in [5.41, 5.74) is -0.471. The third-order valence-electron chi connectivity index (χ3n) is 2.66. The molecule has 1 aromatic carbocycles. The van der Waals surface area contributed by atoms with Gasteiger partial charge in [-0.1, -0.05) is 6.07 Å². The standard InChI is InChI=1S/C12H11N3O6S2/c1-21-11-6-9(15(17)18)8(5-10(11)16)7-13-14-23(19,20)12-3-2-4-22-12/h2-7,14,16H,1H3/b13-7+. The lowest BCUT2D eigenvalue weighted by molar-refractivity contribution is -0.385. The SMILES string of the molecule is COc1cc([N+](=O)[O-])c(/C=N/NS(=O)(=O)c2cccs2)cc1O. The molecule has 0 bridgehead atoms. The number of nitrogens with one attached hydrogen (secondary N) is 1. The summed E-state index contributed by atoms with van der Waals surface area (Å²) in [7, 11) is -2.58. The van der Waals surface area contributed by atoms with Crippen molar-refractivity contribution < 1.29 is 23.2 Å². The summed E-state index contributed by atoms with van der Waals surface area (Å²) < 4.78 is 28.6. The third kappa shape index (κ3) is 3.76. The van der Waals surface area contributed by atoms with Crippen molar-refractivity contribution in [2.75, 3.05) is 7.11 Å². The number of hydrazone groups is 1. The Balaban J connectivity index is 2.29. The van der Waals surface area contributed by atoms with Crippen molar-refractivity contribution in [2.45, 2.75) is 4.21 Å². The minimum atomic E-state index is -3.83. The van der Waals surface area contributed by atoms with Gasteiger partial charge >= 0.3 is 0 Å². The van der Waals surface area contributed by atoms with Crippen LogP contribution in [0, 0.1) is 10.1 Å². The smallest absolute Gasteiger partial charge is 0.286 e. The fraction of sp³-hybridized carbons (Fsp3) is 0.0833. The molecule has 0 aliphatic rings. The molecular weight excluding hydrogens is 346 g/mol. The van der Waals surface area contributed by atoms with Crippen LogP contribution < -0.4 is 9.57 Å². The second-order valence-electron chi connectivity index (χ2n) is 4.12. The highest BCUT2D eigenvalue weighted by Gasteiger charge is 2.18. The third-order valence-corrected chi connectivity index (χ3v) is 5.28. The van der Waals surface area contributed by atoms with Gasteiger partial charge in [-0.15, -0.1) is 11.3 Å². The molecule has 0 atom stereocenters. The maximum absolute atomic E-state index is 11.9. The Labute approximate surface area is 135 Å². The van der Waals surface area contributed by atoms with Crippen LogP contribution in [0.3, 0.4) is 0 Å². The summed E-state index contributed by atoms with van der Waals surface area (Å²) in [6, 6.07) is 5.03. The second kappa shape index (κ2) is 6.62. The van der Waals surface area contributed by atoms with Crippen LogP contribution in [0.4, 0.5) is 5.69 Å². The van der Waals surface area contributed by atoms with Crippen LogP contribution in [-0.4, -0.2) is 31.8 Å². The Morgan fingerprint density at radius 3 is 2.78 bits per heavy atom. The van der Waals surface area contributed by atoms with Crippen LogP contribution >= 0.6 is 11.3 Å². The van der Waals surface area contributed by atoms with Gasteiger partial charge in [0, 0.05) is 0 Å². The molecule has 0 saturated carbocycles. The molecule has 11 heteroatoms. The molecule has 9 nitrogen and oxygen atoms in total. The normalized spacial score (nSPS) is 11.5. The van der Waals surface area contributed by atoms with E-state index in [2.05, 4.69) is 5.10 Å². The number of methoxy groups -OCH3 is 1. The summed E-state index contributed by atoms with van der Waals surface area (Å²) in [4.78, 5) is 12.3. The van der Waals surface area contributed by atoms with Crippen LogP contribution in [0.5, 0.6) is 11.5 Å². The molecule has 1 aromatic heterocycles. The van der Waals surface area contributed by atoms with E-state index in [9.17, 15) is 23.6 Å². The fourth-order valence-electron chi connectivity index (χ4n) is 1.63. The van der Waals surface area contributed by atoms with Gasteiger partial charge < -0.3 is 9.84 Å². The Hall–Kier alpha value is -2.66. The van der Waals surface area contributed by atoms with E-state index in [0.717, 1.165) is 29.7 Å². The van der Waals surface area contributed by atoms with Gasteiger partial charge in [0.05, 0.1) is 29.9 Å². The number of hydrogen-bond acceptors (Lipinski definition) is 8. The van der Waals surface area contributed by atoms with Gasteiger partial charge in [0.2, 0.25) is 0 Å². The number of ether oxygens (including phenoxy) is 1. The van der Waals surface area contributed by atoms with Gasteiger partial charge in [-0.3, -0.25) is 10.1 Å². The molecule has 0 unspecified atom stereocenters. The first kappa shape index (κ1) is 16.7. The highest BCUT2D eigenvalue weighted by molar-refractivity contribution is 7.91. The molecule has 1 heterocycles. The molecule has 2 aromatic rings. The number of benzene rings is 1. The van der Waals surface area contributed by atoms with E-state index in [1.807, 2.05) is 4.83 Å². The van der Waals surface area contributed by atoms with Gasteiger partial charge in [-0.25, -0.2) is 0 Å². The lowest BCUT2D eigenvalue weighted by Gasteiger charge is -2.05. The maximum atomic E-state index is 11.9. The van der Waals surface area contributed by atoms with Gasteiger partial charge in [0.25, 0.3) is 15.7 Å². The molecule has 0 spiro atoms. The number of thiophene rings is 1. The zero-order chi connectivity index (χ0) is 17.0. The Morgan fingerprint density at radius 2 is 2.22 bits per heavy atom. The van der Waals surface area contributed by atoms with Crippen LogP contribution in [0.1, 0.15) is 5.56 Å². The summed E-state index contributed by atoms with van der Waals surface area (Å²) in [6.07, 6.45) is 0.933. The molecule has 0 amide bonds. The van der Waals surface area contributed by atoms with E-state index in [1.54, 1.807) is 11.4 Å². The van der Waals surface area contributed by atoms with E-state index in [1.165, 1.54) is 13.2 Å². The number of nitro groups is 1. The van der Waals surface area contributed by atoms with Crippen molar-refractivity contribution in [3.63, 3.8) is 0 Å². The van der Waals surface area contributed by atoms with Crippen molar-refractivity contribution in [1.29, 1.82) is 0 Å². The van der Waals surface area contributed by atoms with E-state index < -0.39 is 20.6 Å². The topological polar surface area (TPSA) is 131 Å². The number of sulfonamides is 1. The van der Waals surface area contributed by atoms with Crippen molar-refractivity contribution in [3.05, 3.63) is 45.3 Å². The number of hydrogen-bond donors (Lipinski definition) is 2. The number of nitrogens with zero attached hydrogens (tertiary/aromatic N) is 2. The van der Waals surface area contributed by atoms with Crippen molar-refractivity contribution in [3.8, 4) is 11.5 Å². The first-order valence-corrected chi connectivity index (χ1v) is 8.35. The Kier molecular flexibility index (Phi) is 4.81. The quantitative estimate of drug-likeness (QED) is 0.459. The molecule has 23 heavy (non-hydrogen) atoms. The van der Waals surface area contributed by atoms with Crippen LogP contribution in [-0.2, 0) is 10.0 Å². The first-order valence-electron chi connectivity index (χ1n) is 5.99. The molecule has 0 saturated heterocycles. The fourth-order valence-corrected chi connectivity index (χ4v) is 3.40. The minimum absolute atomic E-state index is 0.0572. The Bertz CT molecular complexity index is 846. The summed E-state index contributed by atoms with van der Waals surface area (Å²) >= 11 is 1.00. The molecular formula is C12H11N3O6S2. The predicted octanol–water partition coefficient (Wildman–Crippen LogP) is 1.68. The molecule has 0 aliphatic carbocycles. The average molecular weight is 357 g/mol. The Morgan fingerprint density at radius 1 is 1.48 bits per heavy atom. The number of phenols is 1. The largest absolute Gasteiger partial charge is 0.504 e. The zero-order valence-corrected chi connectivity index (χ0v) is 13.3. The summed E-state index contributed by atoms with van der Waals surface area (Å²) in [5, 5.41) is 25.8. The van der Waals surface area contributed by atoms with E-state index in [4.69, 9.17) is 4.74 Å².